The van der Waals surface area contributed by atoms with Gasteiger partial charge in [0.2, 0.25) is 11.8 Å². The van der Waals surface area contributed by atoms with E-state index in [-0.39, 0.29) is 17.2 Å². The van der Waals surface area contributed by atoms with E-state index in [0.717, 1.165) is 61.6 Å². The number of carbonyl (C=O) groups is 2. The van der Waals surface area contributed by atoms with Crippen molar-refractivity contribution in [2.24, 2.45) is 5.41 Å². The number of amides is 2. The summed E-state index contributed by atoms with van der Waals surface area (Å²) in [7, 11) is 0. The van der Waals surface area contributed by atoms with E-state index >= 15 is 0 Å². The van der Waals surface area contributed by atoms with Crippen LogP contribution in [0, 0.1) is 5.41 Å². The van der Waals surface area contributed by atoms with Crippen LogP contribution in [0.15, 0.2) is 79.0 Å². The van der Waals surface area contributed by atoms with E-state index in [2.05, 4.69) is 15.2 Å². The van der Waals surface area contributed by atoms with Crippen molar-refractivity contribution in [1.29, 1.82) is 0 Å². The summed E-state index contributed by atoms with van der Waals surface area (Å²) in [6, 6.07) is 23.4. The van der Waals surface area contributed by atoms with E-state index in [1.54, 1.807) is 6.20 Å². The van der Waals surface area contributed by atoms with E-state index in [0.29, 0.717) is 32.5 Å². The SMILES string of the molecule is O=C(CC1(CC(=O)N2CCN(c3ccccn3)CC2)CCCC1)Nc1ccc(OCc2ccccc2)cc1. The standard InChI is InChI=1S/C31H36N4O3/c36-29(33-26-11-13-27(14-12-26)38-24-25-8-2-1-3-9-25)22-31(15-5-6-16-31)23-30(37)35-20-18-34(19-21-35)28-10-4-7-17-32-28/h1-4,7-14,17H,5-6,15-16,18-24H2,(H,33,36). The van der Waals surface area contributed by atoms with Crippen molar-refractivity contribution in [3.05, 3.63) is 84.6 Å². The molecule has 7 heteroatoms. The molecule has 2 amide bonds. The third kappa shape index (κ3) is 6.71. The lowest BCUT2D eigenvalue weighted by Gasteiger charge is -2.37. The normalized spacial score (nSPS) is 16.7. The number of nitrogens with zero attached hydrogens (tertiary/aromatic N) is 3. The fourth-order valence-corrected chi connectivity index (χ4v) is 5.62. The smallest absolute Gasteiger partial charge is 0.224 e. The minimum Gasteiger partial charge on any atom is -0.489 e. The van der Waals surface area contributed by atoms with Crippen molar-refractivity contribution in [3.8, 4) is 5.75 Å². The second-order valence-corrected chi connectivity index (χ2v) is 10.5. The number of ether oxygens (including phenoxy) is 1. The number of nitrogens with one attached hydrogen (secondary N) is 1. The number of rotatable bonds is 9. The predicted octanol–water partition coefficient (Wildman–Crippen LogP) is 5.29. The average Bonchev–Trinajstić information content (AvgIpc) is 3.41. The van der Waals surface area contributed by atoms with Gasteiger partial charge >= 0.3 is 0 Å². The van der Waals surface area contributed by atoms with Crippen LogP contribution < -0.4 is 15.0 Å². The number of pyridine rings is 1. The number of benzene rings is 2. The van der Waals surface area contributed by atoms with Gasteiger partial charge in [0, 0.05) is 50.9 Å². The highest BCUT2D eigenvalue weighted by Gasteiger charge is 2.39. The van der Waals surface area contributed by atoms with Gasteiger partial charge in [-0.25, -0.2) is 4.98 Å². The number of hydrogen-bond donors (Lipinski definition) is 1. The van der Waals surface area contributed by atoms with Gasteiger partial charge in [-0.15, -0.1) is 0 Å². The van der Waals surface area contributed by atoms with Crippen LogP contribution in [0.3, 0.4) is 0 Å². The maximum atomic E-state index is 13.3. The minimum atomic E-state index is -0.252. The van der Waals surface area contributed by atoms with E-state index in [1.807, 2.05) is 77.7 Å². The zero-order chi connectivity index (χ0) is 26.2. The van der Waals surface area contributed by atoms with Crippen LogP contribution in [0.25, 0.3) is 0 Å². The van der Waals surface area contributed by atoms with Crippen molar-refractivity contribution in [2.45, 2.75) is 45.1 Å². The molecule has 1 aliphatic heterocycles. The predicted molar refractivity (Wildman–Crippen MR) is 149 cm³/mol. The quantitative estimate of drug-likeness (QED) is 0.422. The third-order valence-electron chi connectivity index (χ3n) is 7.72. The molecule has 3 aromatic rings. The van der Waals surface area contributed by atoms with Gasteiger partial charge in [0.1, 0.15) is 18.2 Å². The van der Waals surface area contributed by atoms with Crippen LogP contribution in [0.4, 0.5) is 11.5 Å². The molecule has 0 spiro atoms. The molecule has 1 saturated carbocycles. The summed E-state index contributed by atoms with van der Waals surface area (Å²) in [5.74, 6) is 1.85. The Balaban J connectivity index is 1.11. The summed E-state index contributed by atoms with van der Waals surface area (Å²) in [6.07, 6.45) is 6.60. The van der Waals surface area contributed by atoms with E-state index < -0.39 is 0 Å². The van der Waals surface area contributed by atoms with Gasteiger partial charge in [0.05, 0.1) is 0 Å². The molecule has 198 valence electrons. The molecule has 1 N–H and O–H groups in total. The first kappa shape index (κ1) is 25.8. The third-order valence-corrected chi connectivity index (χ3v) is 7.72. The summed E-state index contributed by atoms with van der Waals surface area (Å²) in [5, 5.41) is 3.04. The molecule has 5 rings (SSSR count). The average molecular weight is 513 g/mol. The van der Waals surface area contributed by atoms with Crippen molar-refractivity contribution in [2.75, 3.05) is 36.4 Å². The van der Waals surface area contributed by atoms with Crippen LogP contribution in [-0.2, 0) is 16.2 Å². The van der Waals surface area contributed by atoms with Crippen LogP contribution in [0.1, 0.15) is 44.1 Å². The van der Waals surface area contributed by atoms with Crippen molar-refractivity contribution in [1.82, 2.24) is 9.88 Å². The Hall–Kier alpha value is -3.87. The Labute approximate surface area is 224 Å². The first-order valence-electron chi connectivity index (χ1n) is 13.6. The summed E-state index contributed by atoms with van der Waals surface area (Å²) >= 11 is 0. The molecule has 1 aromatic heterocycles. The summed E-state index contributed by atoms with van der Waals surface area (Å²) in [6.45, 7) is 3.44. The van der Waals surface area contributed by atoms with Gasteiger partial charge in [-0.1, -0.05) is 49.2 Å². The molecular weight excluding hydrogens is 476 g/mol. The van der Waals surface area contributed by atoms with Crippen molar-refractivity contribution in [3.63, 3.8) is 0 Å². The Morgan fingerprint density at radius 3 is 2.24 bits per heavy atom. The summed E-state index contributed by atoms with van der Waals surface area (Å²) in [4.78, 5) is 35.0. The molecule has 2 heterocycles. The Bertz CT molecular complexity index is 1190. The van der Waals surface area contributed by atoms with Crippen molar-refractivity contribution < 1.29 is 14.3 Å². The highest BCUT2D eigenvalue weighted by Crippen LogP contribution is 2.44. The fraction of sp³-hybridized carbons (Fsp3) is 0.387. The van der Waals surface area contributed by atoms with Crippen LogP contribution in [-0.4, -0.2) is 47.9 Å². The first-order chi connectivity index (χ1) is 18.6. The summed E-state index contributed by atoms with van der Waals surface area (Å²) < 4.78 is 5.85. The molecule has 1 saturated heterocycles. The molecule has 0 radical (unpaired) electrons. The molecule has 0 atom stereocenters. The molecular formula is C31H36N4O3. The fourth-order valence-electron chi connectivity index (χ4n) is 5.62. The second-order valence-electron chi connectivity index (χ2n) is 10.5. The lowest BCUT2D eigenvalue weighted by atomic mass is 9.78. The highest BCUT2D eigenvalue weighted by atomic mass is 16.5. The minimum absolute atomic E-state index is 0.0300. The topological polar surface area (TPSA) is 74.8 Å². The van der Waals surface area contributed by atoms with Gasteiger partial charge in [-0.05, 0) is 60.2 Å². The number of piperazine rings is 1. The lowest BCUT2D eigenvalue weighted by molar-refractivity contribution is -0.134. The second kappa shape index (κ2) is 12.1. The molecule has 0 bridgehead atoms. The van der Waals surface area contributed by atoms with Gasteiger partial charge in [0.15, 0.2) is 0 Å². The molecule has 38 heavy (non-hydrogen) atoms. The van der Waals surface area contributed by atoms with Crippen LogP contribution >= 0.6 is 0 Å². The first-order valence-corrected chi connectivity index (χ1v) is 13.6. The highest BCUT2D eigenvalue weighted by molar-refractivity contribution is 5.91. The van der Waals surface area contributed by atoms with Crippen LogP contribution in [0.2, 0.25) is 0 Å². The van der Waals surface area contributed by atoms with Gasteiger partial charge in [-0.3, -0.25) is 9.59 Å². The molecule has 0 unspecified atom stereocenters. The van der Waals surface area contributed by atoms with Crippen LogP contribution in [0.5, 0.6) is 5.75 Å². The largest absolute Gasteiger partial charge is 0.489 e. The Morgan fingerprint density at radius 2 is 1.55 bits per heavy atom. The molecule has 7 nitrogen and oxygen atoms in total. The van der Waals surface area contributed by atoms with E-state index in [4.69, 9.17) is 4.74 Å². The number of anilines is 2. The molecule has 2 aliphatic rings. The summed E-state index contributed by atoms with van der Waals surface area (Å²) in [5.41, 5.74) is 1.60. The number of carbonyl (C=O) groups excluding carboxylic acids is 2. The number of aromatic nitrogens is 1. The van der Waals surface area contributed by atoms with Gasteiger partial charge in [0.25, 0.3) is 0 Å². The van der Waals surface area contributed by atoms with Crippen molar-refractivity contribution >= 4 is 23.3 Å². The molecule has 1 aliphatic carbocycles. The zero-order valence-electron chi connectivity index (χ0n) is 21.9. The van der Waals surface area contributed by atoms with E-state index in [9.17, 15) is 9.59 Å². The Kier molecular flexibility index (Phi) is 8.22. The van der Waals surface area contributed by atoms with E-state index in [1.165, 1.54) is 0 Å². The Morgan fingerprint density at radius 1 is 0.842 bits per heavy atom. The monoisotopic (exact) mass is 512 g/mol. The lowest BCUT2D eigenvalue weighted by Crippen LogP contribution is -2.50. The molecule has 2 aromatic carbocycles. The maximum absolute atomic E-state index is 13.3. The molecule has 2 fully saturated rings. The van der Waals surface area contributed by atoms with Gasteiger partial charge < -0.3 is 19.9 Å². The number of hydrogen-bond acceptors (Lipinski definition) is 5. The van der Waals surface area contributed by atoms with Gasteiger partial charge in [-0.2, -0.15) is 0 Å². The zero-order valence-corrected chi connectivity index (χ0v) is 21.9. The maximum Gasteiger partial charge on any atom is 0.224 e.